The number of benzene rings is 2. The number of likely N-dealkylation sites (N-methyl/N-ethyl adjacent to an activating group) is 1. The lowest BCUT2D eigenvalue weighted by atomic mass is 10.2. The first-order valence-electron chi connectivity index (χ1n) is 9.11. The van der Waals surface area contributed by atoms with Gasteiger partial charge in [0.25, 0.3) is 0 Å². The summed E-state index contributed by atoms with van der Waals surface area (Å²) in [5.74, 6) is 0.0263. The lowest BCUT2D eigenvalue weighted by molar-refractivity contribution is -0.126. The number of halogens is 2. The molecule has 0 radical (unpaired) electrons. The van der Waals surface area contributed by atoms with Gasteiger partial charge in [-0.15, -0.1) is 0 Å². The molecule has 0 aliphatic carbocycles. The molecule has 0 unspecified atom stereocenters. The van der Waals surface area contributed by atoms with Gasteiger partial charge in [-0.2, -0.15) is 0 Å². The van der Waals surface area contributed by atoms with Gasteiger partial charge in [0.05, 0.1) is 17.2 Å². The molecule has 9 heteroatoms. The Bertz CT molecular complexity index is 1050. The molecule has 0 aliphatic rings. The van der Waals surface area contributed by atoms with Gasteiger partial charge >= 0.3 is 0 Å². The van der Waals surface area contributed by atoms with E-state index in [0.29, 0.717) is 28.7 Å². The highest BCUT2D eigenvalue weighted by molar-refractivity contribution is 7.89. The molecular weight excluding hydrogens is 447 g/mol. The first kappa shape index (κ1) is 24.2. The second-order valence-electron chi connectivity index (χ2n) is 6.63. The van der Waals surface area contributed by atoms with Crippen LogP contribution in [0.15, 0.2) is 47.4 Å². The third kappa shape index (κ3) is 5.76. The van der Waals surface area contributed by atoms with E-state index < -0.39 is 10.0 Å². The summed E-state index contributed by atoms with van der Waals surface area (Å²) < 4.78 is 31.4. The zero-order valence-corrected chi connectivity index (χ0v) is 19.6. The largest absolute Gasteiger partial charge is 0.495 e. The van der Waals surface area contributed by atoms with Crippen LogP contribution >= 0.6 is 23.2 Å². The molecule has 2 aromatic carbocycles. The average Bonchev–Trinajstić information content (AvgIpc) is 2.72. The first-order valence-corrected chi connectivity index (χ1v) is 11.3. The Morgan fingerprint density at radius 3 is 2.37 bits per heavy atom. The second-order valence-corrected chi connectivity index (χ2v) is 9.57. The Morgan fingerprint density at radius 1 is 1.10 bits per heavy atom. The van der Waals surface area contributed by atoms with E-state index in [9.17, 15) is 13.2 Å². The molecular formula is C21H24Cl2N2O4S. The summed E-state index contributed by atoms with van der Waals surface area (Å²) in [6, 6.07) is 9.96. The molecule has 0 saturated heterocycles. The number of hydrogen-bond donors (Lipinski definition) is 0. The number of nitrogens with zero attached hydrogens (tertiary/aromatic N) is 2. The van der Waals surface area contributed by atoms with Crippen molar-refractivity contribution < 1.29 is 17.9 Å². The van der Waals surface area contributed by atoms with E-state index in [1.807, 2.05) is 13.0 Å². The Hall–Kier alpha value is -2.06. The van der Waals surface area contributed by atoms with Crippen molar-refractivity contribution in [3.63, 3.8) is 0 Å². The molecule has 0 atom stereocenters. The molecule has 0 aliphatic heterocycles. The molecule has 162 valence electrons. The maximum atomic E-state index is 12.6. The van der Waals surface area contributed by atoms with Crippen molar-refractivity contribution in [2.45, 2.75) is 18.4 Å². The van der Waals surface area contributed by atoms with Gasteiger partial charge in [-0.1, -0.05) is 35.3 Å². The minimum absolute atomic E-state index is 0.0350. The van der Waals surface area contributed by atoms with Gasteiger partial charge in [0, 0.05) is 33.3 Å². The predicted octanol–water partition coefficient (Wildman–Crippen LogP) is 4.31. The zero-order chi connectivity index (χ0) is 22.5. The van der Waals surface area contributed by atoms with Crippen LogP contribution in [0.5, 0.6) is 5.75 Å². The fraction of sp³-hybridized carbons (Fsp3) is 0.286. The van der Waals surface area contributed by atoms with Crippen LogP contribution in [0, 0.1) is 0 Å². The Morgan fingerprint density at radius 2 is 1.80 bits per heavy atom. The quantitative estimate of drug-likeness (QED) is 0.538. The second kappa shape index (κ2) is 10.3. The SMILES string of the molecule is CCN(Cc1ccc(Cl)c(Cl)c1)C(=O)/C=C/c1ccc(OC)c(S(=O)(=O)N(C)C)c1. The van der Waals surface area contributed by atoms with Crippen LogP contribution in [0.25, 0.3) is 6.08 Å². The van der Waals surface area contributed by atoms with Crippen molar-refractivity contribution in [1.29, 1.82) is 0 Å². The lowest BCUT2D eigenvalue weighted by Crippen LogP contribution is -2.28. The van der Waals surface area contributed by atoms with Crippen LogP contribution in [-0.4, -0.2) is 51.3 Å². The average molecular weight is 471 g/mol. The van der Waals surface area contributed by atoms with Crippen LogP contribution in [0.3, 0.4) is 0 Å². The van der Waals surface area contributed by atoms with Crippen molar-refractivity contribution in [3.8, 4) is 5.75 Å². The van der Waals surface area contributed by atoms with Crippen molar-refractivity contribution in [2.75, 3.05) is 27.7 Å². The Kier molecular flexibility index (Phi) is 8.32. The van der Waals surface area contributed by atoms with Crippen molar-refractivity contribution in [3.05, 3.63) is 63.6 Å². The number of hydrogen-bond acceptors (Lipinski definition) is 4. The number of amides is 1. The number of carbonyl (C=O) groups excluding carboxylic acids is 1. The van der Waals surface area contributed by atoms with Gasteiger partial charge in [-0.05, 0) is 48.4 Å². The molecule has 0 fully saturated rings. The van der Waals surface area contributed by atoms with E-state index >= 15 is 0 Å². The van der Waals surface area contributed by atoms with E-state index in [0.717, 1.165) is 9.87 Å². The normalized spacial score (nSPS) is 11.8. The first-order chi connectivity index (χ1) is 14.1. The molecule has 0 N–H and O–H groups in total. The Balaban J connectivity index is 2.24. The van der Waals surface area contributed by atoms with E-state index in [1.165, 1.54) is 33.3 Å². The van der Waals surface area contributed by atoms with Gasteiger partial charge in [0.15, 0.2) is 0 Å². The van der Waals surface area contributed by atoms with Crippen LogP contribution < -0.4 is 4.74 Å². The molecule has 0 saturated carbocycles. The number of sulfonamides is 1. The highest BCUT2D eigenvalue weighted by Crippen LogP contribution is 2.27. The van der Waals surface area contributed by atoms with Crippen molar-refractivity contribution >= 4 is 45.2 Å². The minimum atomic E-state index is -3.69. The monoisotopic (exact) mass is 470 g/mol. The van der Waals surface area contributed by atoms with Crippen LogP contribution in [0.4, 0.5) is 0 Å². The fourth-order valence-corrected chi connectivity index (χ4v) is 4.08. The molecule has 0 spiro atoms. The standard InChI is InChI=1S/C21H24Cl2N2O4S/c1-5-25(14-16-6-9-17(22)18(23)12-16)21(26)11-8-15-7-10-19(29-4)20(13-15)30(27,28)24(2)3/h6-13H,5,14H2,1-4H3/b11-8+. The van der Waals surface area contributed by atoms with E-state index in [-0.39, 0.29) is 16.6 Å². The number of methoxy groups -OCH3 is 1. The molecule has 1 amide bonds. The van der Waals surface area contributed by atoms with Crippen molar-refractivity contribution in [2.24, 2.45) is 0 Å². The van der Waals surface area contributed by atoms with Crippen LogP contribution in [0.2, 0.25) is 10.0 Å². The zero-order valence-electron chi connectivity index (χ0n) is 17.2. The lowest BCUT2D eigenvalue weighted by Gasteiger charge is -2.19. The van der Waals surface area contributed by atoms with E-state index in [2.05, 4.69) is 0 Å². The molecule has 6 nitrogen and oxygen atoms in total. The number of carbonyl (C=O) groups is 1. The fourth-order valence-electron chi connectivity index (χ4n) is 2.67. The minimum Gasteiger partial charge on any atom is -0.495 e. The summed E-state index contributed by atoms with van der Waals surface area (Å²) in [6.45, 7) is 2.74. The summed E-state index contributed by atoms with van der Waals surface area (Å²) in [5, 5.41) is 0.888. The molecule has 30 heavy (non-hydrogen) atoms. The molecule has 2 aromatic rings. The molecule has 0 heterocycles. The smallest absolute Gasteiger partial charge is 0.246 e. The van der Waals surface area contributed by atoms with Gasteiger partial charge in [0.2, 0.25) is 15.9 Å². The number of rotatable bonds is 8. The van der Waals surface area contributed by atoms with Crippen LogP contribution in [0.1, 0.15) is 18.1 Å². The maximum absolute atomic E-state index is 12.6. The summed E-state index contributed by atoms with van der Waals surface area (Å²) >= 11 is 12.0. The van der Waals surface area contributed by atoms with E-state index in [1.54, 1.807) is 35.2 Å². The number of ether oxygens (including phenoxy) is 1. The van der Waals surface area contributed by atoms with Gasteiger partial charge < -0.3 is 9.64 Å². The van der Waals surface area contributed by atoms with Crippen LogP contribution in [-0.2, 0) is 21.4 Å². The van der Waals surface area contributed by atoms with E-state index in [4.69, 9.17) is 27.9 Å². The summed E-state index contributed by atoms with van der Waals surface area (Å²) in [4.78, 5) is 14.3. The van der Waals surface area contributed by atoms with Gasteiger partial charge in [0.1, 0.15) is 10.6 Å². The third-order valence-corrected chi connectivity index (χ3v) is 6.99. The van der Waals surface area contributed by atoms with Gasteiger partial charge in [-0.3, -0.25) is 4.79 Å². The summed E-state index contributed by atoms with van der Waals surface area (Å²) in [7, 11) is 0.608. The Labute approximate surface area is 187 Å². The summed E-state index contributed by atoms with van der Waals surface area (Å²) in [6.07, 6.45) is 2.99. The topological polar surface area (TPSA) is 66.9 Å². The maximum Gasteiger partial charge on any atom is 0.246 e. The van der Waals surface area contributed by atoms with Gasteiger partial charge in [-0.25, -0.2) is 12.7 Å². The highest BCUT2D eigenvalue weighted by Gasteiger charge is 2.22. The predicted molar refractivity (Wildman–Crippen MR) is 120 cm³/mol. The summed E-state index contributed by atoms with van der Waals surface area (Å²) in [5.41, 5.74) is 1.42. The molecule has 0 aromatic heterocycles. The van der Waals surface area contributed by atoms with Crippen molar-refractivity contribution in [1.82, 2.24) is 9.21 Å². The third-order valence-electron chi connectivity index (χ3n) is 4.42. The molecule has 0 bridgehead atoms. The molecule has 2 rings (SSSR count). The highest BCUT2D eigenvalue weighted by atomic mass is 35.5.